The lowest BCUT2D eigenvalue weighted by molar-refractivity contribution is -0.146. The lowest BCUT2D eigenvalue weighted by atomic mass is 9.86. The topological polar surface area (TPSA) is 64.4 Å². The standard InChI is InChI=1S/C31H29ClN2O3/c1-31(2,30(35)36)18-29-26(16-20-8-11-22(32)12-9-20)25-15-14-24(17-28(25)34(29)3)37-19-23-13-10-21-6-4-5-7-27(21)33-23/h4-15,17H,16,18-19H2,1-3H3,(H,35,36). The number of benzene rings is 3. The van der Waals surface area contributed by atoms with Gasteiger partial charge >= 0.3 is 5.97 Å². The molecule has 0 saturated carbocycles. The fourth-order valence-corrected chi connectivity index (χ4v) is 4.83. The minimum absolute atomic E-state index is 0.358. The van der Waals surface area contributed by atoms with Gasteiger partial charge in [-0.25, -0.2) is 4.98 Å². The molecule has 0 unspecified atom stereocenters. The highest BCUT2D eigenvalue weighted by molar-refractivity contribution is 6.30. The van der Waals surface area contributed by atoms with Crippen molar-refractivity contribution in [3.8, 4) is 5.75 Å². The van der Waals surface area contributed by atoms with Gasteiger partial charge < -0.3 is 14.4 Å². The molecular formula is C31H29ClN2O3. The van der Waals surface area contributed by atoms with Gasteiger partial charge in [0.05, 0.1) is 22.1 Å². The normalized spacial score (nSPS) is 11.8. The minimum Gasteiger partial charge on any atom is -0.487 e. The van der Waals surface area contributed by atoms with Crippen molar-refractivity contribution in [2.75, 3.05) is 0 Å². The molecular weight excluding hydrogens is 484 g/mol. The van der Waals surface area contributed by atoms with Crippen LogP contribution in [0.4, 0.5) is 0 Å². The van der Waals surface area contributed by atoms with E-state index >= 15 is 0 Å². The number of carbonyl (C=O) groups is 1. The van der Waals surface area contributed by atoms with Gasteiger partial charge in [0, 0.05) is 41.0 Å². The molecule has 5 nitrogen and oxygen atoms in total. The highest BCUT2D eigenvalue weighted by Gasteiger charge is 2.31. The third-order valence-electron chi connectivity index (χ3n) is 6.93. The van der Waals surface area contributed by atoms with Crippen LogP contribution in [0.1, 0.15) is 36.4 Å². The number of aliphatic carboxylic acids is 1. The molecule has 0 spiro atoms. The average Bonchev–Trinajstić information content (AvgIpc) is 3.13. The van der Waals surface area contributed by atoms with E-state index in [1.807, 2.05) is 73.8 Å². The van der Waals surface area contributed by atoms with E-state index < -0.39 is 11.4 Å². The molecule has 188 valence electrons. The first-order chi connectivity index (χ1) is 17.7. The Kier molecular flexibility index (Phi) is 6.65. The number of halogens is 1. The molecule has 5 rings (SSSR count). The smallest absolute Gasteiger partial charge is 0.309 e. The summed E-state index contributed by atoms with van der Waals surface area (Å²) in [7, 11) is 2.00. The van der Waals surface area contributed by atoms with Crippen molar-refractivity contribution < 1.29 is 14.6 Å². The maximum atomic E-state index is 12.0. The van der Waals surface area contributed by atoms with Gasteiger partial charge in [0.15, 0.2) is 0 Å². The Morgan fingerprint density at radius 2 is 1.78 bits per heavy atom. The van der Waals surface area contributed by atoms with Crippen LogP contribution in [-0.4, -0.2) is 20.6 Å². The average molecular weight is 513 g/mol. The number of nitrogens with zero attached hydrogens (tertiary/aromatic N) is 2. The van der Waals surface area contributed by atoms with E-state index in [0.29, 0.717) is 24.5 Å². The van der Waals surface area contributed by atoms with Crippen molar-refractivity contribution in [1.82, 2.24) is 9.55 Å². The molecule has 2 aromatic heterocycles. The first-order valence-corrected chi connectivity index (χ1v) is 12.6. The van der Waals surface area contributed by atoms with Gasteiger partial charge in [0.25, 0.3) is 0 Å². The third kappa shape index (κ3) is 5.18. The summed E-state index contributed by atoms with van der Waals surface area (Å²) in [6.45, 7) is 3.89. The zero-order valence-corrected chi connectivity index (χ0v) is 21.9. The second-order valence-corrected chi connectivity index (χ2v) is 10.6. The summed E-state index contributed by atoms with van der Waals surface area (Å²) in [6, 6.07) is 25.9. The largest absolute Gasteiger partial charge is 0.487 e. The number of carboxylic acids is 1. The molecule has 1 N–H and O–H groups in total. The van der Waals surface area contributed by atoms with Gasteiger partial charge in [-0.15, -0.1) is 0 Å². The summed E-state index contributed by atoms with van der Waals surface area (Å²) >= 11 is 6.10. The second-order valence-electron chi connectivity index (χ2n) is 10.1. The molecule has 0 atom stereocenters. The summed E-state index contributed by atoms with van der Waals surface area (Å²) in [6.07, 6.45) is 1.09. The van der Waals surface area contributed by atoms with Gasteiger partial charge in [0.1, 0.15) is 12.4 Å². The van der Waals surface area contributed by atoms with Crippen LogP contribution in [0.2, 0.25) is 5.02 Å². The number of aryl methyl sites for hydroxylation is 1. The number of aromatic nitrogens is 2. The van der Waals surface area contributed by atoms with E-state index in [-0.39, 0.29) is 0 Å². The monoisotopic (exact) mass is 512 g/mol. The summed E-state index contributed by atoms with van der Waals surface area (Å²) in [4.78, 5) is 16.7. The van der Waals surface area contributed by atoms with Crippen molar-refractivity contribution in [2.24, 2.45) is 12.5 Å². The maximum absolute atomic E-state index is 12.0. The quantitative estimate of drug-likeness (QED) is 0.239. The molecule has 0 radical (unpaired) electrons. The number of rotatable bonds is 8. The zero-order valence-electron chi connectivity index (χ0n) is 21.2. The van der Waals surface area contributed by atoms with E-state index in [9.17, 15) is 9.90 Å². The van der Waals surface area contributed by atoms with Crippen molar-refractivity contribution in [1.29, 1.82) is 0 Å². The SMILES string of the molecule is Cn1c(CC(C)(C)C(=O)O)c(Cc2ccc(Cl)cc2)c2ccc(OCc3ccc4ccccc4n3)cc21. The van der Waals surface area contributed by atoms with Gasteiger partial charge in [-0.3, -0.25) is 4.79 Å². The van der Waals surface area contributed by atoms with E-state index in [2.05, 4.69) is 16.7 Å². The molecule has 0 saturated heterocycles. The number of hydrogen-bond donors (Lipinski definition) is 1. The summed E-state index contributed by atoms with van der Waals surface area (Å²) in [5, 5.41) is 12.7. The van der Waals surface area contributed by atoms with Crippen LogP contribution in [0.3, 0.4) is 0 Å². The van der Waals surface area contributed by atoms with E-state index in [1.165, 1.54) is 0 Å². The molecule has 0 aliphatic carbocycles. The van der Waals surface area contributed by atoms with Crippen LogP contribution >= 0.6 is 11.6 Å². The lowest BCUT2D eigenvalue weighted by Crippen LogP contribution is -2.27. The van der Waals surface area contributed by atoms with Crippen LogP contribution < -0.4 is 4.74 Å². The molecule has 5 aromatic rings. The highest BCUT2D eigenvalue weighted by Crippen LogP contribution is 2.35. The fraction of sp³-hybridized carbons (Fsp3) is 0.226. The first-order valence-electron chi connectivity index (χ1n) is 12.3. The lowest BCUT2D eigenvalue weighted by Gasteiger charge is -2.21. The highest BCUT2D eigenvalue weighted by atomic mass is 35.5. The molecule has 6 heteroatoms. The van der Waals surface area contributed by atoms with Crippen molar-refractivity contribution >= 4 is 39.4 Å². The van der Waals surface area contributed by atoms with Crippen LogP contribution in [0.5, 0.6) is 5.75 Å². The summed E-state index contributed by atoms with van der Waals surface area (Å²) in [5.41, 5.74) is 5.15. The van der Waals surface area contributed by atoms with Crippen LogP contribution in [-0.2, 0) is 31.3 Å². The van der Waals surface area contributed by atoms with Gasteiger partial charge in [-0.05, 0) is 67.8 Å². The number of para-hydroxylation sites is 1. The number of fused-ring (bicyclic) bond motifs is 2. The Hall–Kier alpha value is -3.83. The minimum atomic E-state index is -0.905. The van der Waals surface area contributed by atoms with Gasteiger partial charge in [-0.1, -0.05) is 48.0 Å². The second kappa shape index (κ2) is 9.91. The van der Waals surface area contributed by atoms with Crippen molar-refractivity contribution in [2.45, 2.75) is 33.3 Å². The number of carboxylic acid groups (broad SMARTS) is 1. The molecule has 0 bridgehead atoms. The molecule has 37 heavy (non-hydrogen) atoms. The van der Waals surface area contributed by atoms with Crippen LogP contribution in [0.25, 0.3) is 21.8 Å². The van der Waals surface area contributed by atoms with Gasteiger partial charge in [0.2, 0.25) is 0 Å². The Bertz CT molecular complexity index is 1600. The Labute approximate surface area is 221 Å². The molecule has 3 aromatic carbocycles. The predicted molar refractivity (Wildman–Crippen MR) is 148 cm³/mol. The van der Waals surface area contributed by atoms with Gasteiger partial charge in [-0.2, -0.15) is 0 Å². The van der Waals surface area contributed by atoms with E-state index in [1.54, 1.807) is 13.8 Å². The molecule has 2 heterocycles. The number of hydrogen-bond acceptors (Lipinski definition) is 3. The van der Waals surface area contributed by atoms with E-state index in [0.717, 1.165) is 50.1 Å². The third-order valence-corrected chi connectivity index (χ3v) is 7.19. The van der Waals surface area contributed by atoms with Crippen LogP contribution in [0.15, 0.2) is 78.9 Å². The zero-order chi connectivity index (χ0) is 26.2. The predicted octanol–water partition coefficient (Wildman–Crippen LogP) is 7.20. The van der Waals surface area contributed by atoms with E-state index in [4.69, 9.17) is 21.3 Å². The molecule has 0 aliphatic rings. The van der Waals surface area contributed by atoms with Crippen molar-refractivity contribution in [3.63, 3.8) is 0 Å². The first kappa shape index (κ1) is 24.8. The molecule has 0 aliphatic heterocycles. The molecule has 0 amide bonds. The Morgan fingerprint density at radius 3 is 2.54 bits per heavy atom. The molecule has 0 fully saturated rings. The number of ether oxygens (including phenoxy) is 1. The fourth-order valence-electron chi connectivity index (χ4n) is 4.71. The van der Waals surface area contributed by atoms with Crippen LogP contribution in [0, 0.1) is 5.41 Å². The summed E-state index contributed by atoms with van der Waals surface area (Å²) in [5.74, 6) is -0.0766. The Balaban J connectivity index is 1.49. The summed E-state index contributed by atoms with van der Waals surface area (Å²) < 4.78 is 8.24. The Morgan fingerprint density at radius 1 is 1.03 bits per heavy atom. The number of pyridine rings is 1. The van der Waals surface area contributed by atoms with Crippen molar-refractivity contribution in [3.05, 3.63) is 106 Å². The maximum Gasteiger partial charge on any atom is 0.309 e.